The molecule has 1 unspecified atom stereocenters. The molecule has 6 heteroatoms. The van der Waals surface area contributed by atoms with E-state index in [0.717, 1.165) is 55.1 Å². The number of hydrazine groups is 1. The number of piperazine rings is 1. The van der Waals surface area contributed by atoms with Crippen LogP contribution in [0.25, 0.3) is 5.70 Å². The van der Waals surface area contributed by atoms with Crippen molar-refractivity contribution in [1.29, 1.82) is 0 Å². The summed E-state index contributed by atoms with van der Waals surface area (Å²) < 4.78 is 13.4. The molecule has 0 bridgehead atoms. The smallest absolute Gasteiger partial charge is 0.123 e. The van der Waals surface area contributed by atoms with Gasteiger partial charge in [-0.1, -0.05) is 18.7 Å². The summed E-state index contributed by atoms with van der Waals surface area (Å²) in [7, 11) is 2.16. The molecule has 1 fully saturated rings. The number of rotatable bonds is 6. The topological polar surface area (TPSA) is 56.6 Å². The van der Waals surface area contributed by atoms with E-state index in [9.17, 15) is 4.39 Å². The number of likely N-dealkylation sites (N-methyl/N-ethyl adjacent to an activating group) is 1. The molecular formula is C22H30FN5. The largest absolute Gasteiger partial charge is 0.405 e. The van der Waals surface area contributed by atoms with E-state index in [0.29, 0.717) is 0 Å². The molecule has 0 radical (unpaired) electrons. The Morgan fingerprint density at radius 3 is 2.54 bits per heavy atom. The molecular weight excluding hydrogens is 353 g/mol. The molecule has 1 aromatic rings. The quantitative estimate of drug-likeness (QED) is 0.658. The Kier molecular flexibility index (Phi) is 6.34. The van der Waals surface area contributed by atoms with Gasteiger partial charge in [0.25, 0.3) is 0 Å². The molecule has 5 nitrogen and oxygen atoms in total. The van der Waals surface area contributed by atoms with Crippen LogP contribution in [0.3, 0.4) is 0 Å². The van der Waals surface area contributed by atoms with Crippen LogP contribution < -0.4 is 16.6 Å². The molecule has 2 aliphatic rings. The number of nitrogens with two attached hydrogens (primary N) is 1. The molecule has 1 saturated heterocycles. The van der Waals surface area contributed by atoms with E-state index < -0.39 is 0 Å². The van der Waals surface area contributed by atoms with Crippen molar-refractivity contribution in [2.45, 2.75) is 12.5 Å². The van der Waals surface area contributed by atoms with Gasteiger partial charge in [-0.2, -0.15) is 0 Å². The lowest BCUT2D eigenvalue weighted by molar-refractivity contribution is 0.129. The minimum atomic E-state index is -0.339. The molecule has 4 N–H and O–H groups in total. The number of allylic oxidation sites excluding steroid dienone is 3. The zero-order chi connectivity index (χ0) is 20.1. The minimum Gasteiger partial charge on any atom is -0.405 e. The molecule has 0 amide bonds. The van der Waals surface area contributed by atoms with Crippen LogP contribution in [-0.4, -0.2) is 55.1 Å². The van der Waals surface area contributed by atoms with Crippen LogP contribution in [0.1, 0.15) is 12.5 Å². The van der Waals surface area contributed by atoms with Crippen LogP contribution in [0.15, 0.2) is 66.4 Å². The van der Waals surface area contributed by atoms with E-state index in [-0.39, 0.29) is 11.4 Å². The first-order chi connectivity index (χ1) is 13.5. The molecule has 0 aliphatic carbocycles. The van der Waals surface area contributed by atoms with Gasteiger partial charge in [0.1, 0.15) is 5.82 Å². The standard InChI is InChI=1S/C22H30FN5/c1-4-5-17(10-11-24)20-21(18-6-8-19(23)9-7-18)25-26-22(20,2)16-28-14-12-27(3)13-15-28/h4-11,25-26H,1,12-16,24H2,2-3H3/b11-10-,17-5+. The van der Waals surface area contributed by atoms with Crippen LogP contribution in [0.4, 0.5) is 4.39 Å². The first-order valence-electron chi connectivity index (χ1n) is 9.63. The molecule has 0 aromatic heterocycles. The third-order valence-corrected chi connectivity index (χ3v) is 5.40. The van der Waals surface area contributed by atoms with Crippen molar-refractivity contribution in [3.63, 3.8) is 0 Å². The first-order valence-corrected chi connectivity index (χ1v) is 9.63. The summed E-state index contributed by atoms with van der Waals surface area (Å²) in [5.41, 5.74) is 16.2. The van der Waals surface area contributed by atoms with Gasteiger partial charge in [-0.3, -0.25) is 4.90 Å². The SMILES string of the molecule is C=C/C=C(\C=C/N)C1=C(c2ccc(F)cc2)NNC1(C)CN1CCN(C)CC1. The number of nitrogens with zero attached hydrogens (tertiary/aromatic N) is 2. The van der Waals surface area contributed by atoms with Gasteiger partial charge >= 0.3 is 0 Å². The zero-order valence-corrected chi connectivity index (χ0v) is 16.7. The second-order valence-electron chi connectivity index (χ2n) is 7.64. The molecule has 28 heavy (non-hydrogen) atoms. The molecule has 2 heterocycles. The Morgan fingerprint density at radius 2 is 1.93 bits per heavy atom. The van der Waals surface area contributed by atoms with Gasteiger partial charge in [0.15, 0.2) is 0 Å². The average Bonchev–Trinajstić information content (AvgIpc) is 3.01. The fraction of sp³-hybridized carbons (Fsp3) is 0.364. The third-order valence-electron chi connectivity index (χ3n) is 5.40. The van der Waals surface area contributed by atoms with E-state index in [1.807, 2.05) is 12.2 Å². The maximum Gasteiger partial charge on any atom is 0.123 e. The number of hydrogen-bond acceptors (Lipinski definition) is 5. The molecule has 0 spiro atoms. The molecule has 0 saturated carbocycles. The van der Waals surface area contributed by atoms with Gasteiger partial charge in [0.2, 0.25) is 0 Å². The molecule has 1 atom stereocenters. The highest BCUT2D eigenvalue weighted by molar-refractivity contribution is 5.77. The Labute approximate surface area is 167 Å². The number of hydrogen-bond donors (Lipinski definition) is 3. The number of benzene rings is 1. The third kappa shape index (κ3) is 4.35. The molecule has 1 aromatic carbocycles. The lowest BCUT2D eigenvalue weighted by Gasteiger charge is -2.38. The van der Waals surface area contributed by atoms with Crippen LogP contribution in [0.5, 0.6) is 0 Å². The van der Waals surface area contributed by atoms with E-state index in [1.54, 1.807) is 24.4 Å². The maximum absolute atomic E-state index is 13.4. The summed E-state index contributed by atoms with van der Waals surface area (Å²) in [5.74, 6) is -0.249. The lowest BCUT2D eigenvalue weighted by atomic mass is 9.84. The summed E-state index contributed by atoms with van der Waals surface area (Å²) in [5, 5.41) is 0. The van der Waals surface area contributed by atoms with Crippen molar-refractivity contribution in [2.24, 2.45) is 5.73 Å². The van der Waals surface area contributed by atoms with E-state index in [4.69, 9.17) is 5.73 Å². The minimum absolute atomic E-state index is 0.249. The summed E-state index contributed by atoms with van der Waals surface area (Å²) in [6.07, 6.45) is 7.15. The van der Waals surface area contributed by atoms with Gasteiger partial charge < -0.3 is 16.1 Å². The monoisotopic (exact) mass is 383 g/mol. The Bertz CT molecular complexity index is 788. The summed E-state index contributed by atoms with van der Waals surface area (Å²) in [4.78, 5) is 4.82. The average molecular weight is 384 g/mol. The van der Waals surface area contributed by atoms with Crippen LogP contribution >= 0.6 is 0 Å². The van der Waals surface area contributed by atoms with Crippen LogP contribution in [0, 0.1) is 5.82 Å². The highest BCUT2D eigenvalue weighted by Crippen LogP contribution is 2.36. The van der Waals surface area contributed by atoms with E-state index in [1.165, 1.54) is 12.1 Å². The summed E-state index contributed by atoms with van der Waals surface area (Å²) >= 11 is 0. The molecule has 3 rings (SSSR count). The zero-order valence-electron chi connectivity index (χ0n) is 16.7. The predicted octanol–water partition coefficient (Wildman–Crippen LogP) is 2.24. The second-order valence-corrected chi connectivity index (χ2v) is 7.64. The van der Waals surface area contributed by atoms with Crippen LogP contribution in [0.2, 0.25) is 0 Å². The van der Waals surface area contributed by atoms with E-state index in [2.05, 4.69) is 41.2 Å². The van der Waals surface area contributed by atoms with Crippen molar-refractivity contribution in [3.8, 4) is 0 Å². The van der Waals surface area contributed by atoms with Gasteiger partial charge in [0, 0.05) is 38.3 Å². The highest BCUT2D eigenvalue weighted by Gasteiger charge is 2.40. The van der Waals surface area contributed by atoms with Gasteiger partial charge in [-0.15, -0.1) is 0 Å². The van der Waals surface area contributed by atoms with Crippen molar-refractivity contribution < 1.29 is 4.39 Å². The normalized spacial score (nSPS) is 24.8. The van der Waals surface area contributed by atoms with Gasteiger partial charge in [-0.25, -0.2) is 9.82 Å². The van der Waals surface area contributed by atoms with Gasteiger partial charge in [-0.05, 0) is 61.6 Å². The predicted molar refractivity (Wildman–Crippen MR) is 114 cm³/mol. The Hall–Kier alpha value is -2.41. The van der Waals surface area contributed by atoms with Gasteiger partial charge in [0.05, 0.1) is 11.2 Å². The number of halogens is 1. The molecule has 150 valence electrons. The fourth-order valence-electron chi connectivity index (χ4n) is 3.92. The maximum atomic E-state index is 13.4. The van der Waals surface area contributed by atoms with Crippen molar-refractivity contribution in [2.75, 3.05) is 39.8 Å². The Morgan fingerprint density at radius 1 is 1.25 bits per heavy atom. The highest BCUT2D eigenvalue weighted by atomic mass is 19.1. The summed E-state index contributed by atoms with van der Waals surface area (Å²) in [6.45, 7) is 11.1. The lowest BCUT2D eigenvalue weighted by Crippen LogP contribution is -2.56. The first kappa shape index (κ1) is 20.3. The number of nitrogens with one attached hydrogen (secondary N) is 2. The fourth-order valence-corrected chi connectivity index (χ4v) is 3.92. The van der Waals surface area contributed by atoms with E-state index >= 15 is 0 Å². The molecule has 2 aliphatic heterocycles. The second kappa shape index (κ2) is 8.73. The summed E-state index contributed by atoms with van der Waals surface area (Å²) in [6, 6.07) is 6.54. The van der Waals surface area contributed by atoms with Crippen molar-refractivity contribution >= 4 is 5.70 Å². The van der Waals surface area contributed by atoms with Crippen molar-refractivity contribution in [1.82, 2.24) is 20.7 Å². The van der Waals surface area contributed by atoms with Crippen molar-refractivity contribution in [3.05, 3.63) is 77.8 Å². The Balaban J connectivity index is 2.02. The van der Waals surface area contributed by atoms with Crippen LogP contribution in [-0.2, 0) is 0 Å².